The van der Waals surface area contributed by atoms with E-state index >= 15 is 0 Å². The van der Waals surface area contributed by atoms with Crippen LogP contribution in [0.5, 0.6) is 0 Å². The normalized spacial score (nSPS) is 21.0. The number of benzene rings is 11. The van der Waals surface area contributed by atoms with Crippen LogP contribution in [-0.4, -0.2) is 0 Å². The largest absolute Gasteiger partial charge is 0.310 e. The zero-order valence-electron chi connectivity index (χ0n) is 68.3. The minimum atomic E-state index is -3.96. The molecule has 0 bridgehead atoms. The Balaban J connectivity index is 1.16. The van der Waals surface area contributed by atoms with Crippen molar-refractivity contribution in [1.29, 1.82) is 0 Å². The smallest absolute Gasteiger partial charge is 0.0714 e. The van der Waals surface area contributed by atoms with Crippen LogP contribution in [0.3, 0.4) is 0 Å². The van der Waals surface area contributed by atoms with Gasteiger partial charge in [-0.05, 0) is 153 Å². The highest BCUT2D eigenvalue weighted by molar-refractivity contribution is 6.05. The van der Waals surface area contributed by atoms with E-state index in [1.54, 1.807) is 12.1 Å². The topological polar surface area (TPSA) is 3.24 Å². The van der Waals surface area contributed by atoms with Crippen molar-refractivity contribution < 1.29 is 41.1 Å². The van der Waals surface area contributed by atoms with Gasteiger partial charge in [0, 0.05) is 36.1 Å². The summed E-state index contributed by atoms with van der Waals surface area (Å²) in [5.74, 6) is 0. The maximum absolute atomic E-state index is 11.0. The van der Waals surface area contributed by atoms with E-state index in [2.05, 4.69) is 38.1 Å². The van der Waals surface area contributed by atoms with Crippen molar-refractivity contribution in [3.8, 4) is 55.6 Å². The SMILES string of the molecule is [2H]c1c([2H])c([2H])c(C2(c3c([2H])c([2H])c([2H])c([2H])c3[2H])c3c([2H])c([2H])c([2H])c([2H])c3-c3c([2H])c([2H])c(N(c4ccc(-c5ccc6ccccc6c5-c5ccc6c(c5)-c5ccccc5C6(C)C)cc4)c4c([2H])c([2H])c5c(c4[2H])C(C([2H])([2H])[2H])(C([2H])([2H])[2H])c4c([2H])c([2H])c([2H])c([2H])c4-5)c([2H])c32)c([2H])c1[2H]. The van der Waals surface area contributed by atoms with Crippen LogP contribution >= 0.6 is 0 Å². The van der Waals surface area contributed by atoms with E-state index in [0.29, 0.717) is 11.1 Å². The molecule has 0 fully saturated rings. The molecular formula is C71H53N. The summed E-state index contributed by atoms with van der Waals surface area (Å²) in [5, 5.41) is 1.66. The van der Waals surface area contributed by atoms with Gasteiger partial charge in [-0.15, -0.1) is 0 Å². The molecule has 0 heterocycles. The van der Waals surface area contributed by atoms with E-state index in [1.165, 1.54) is 12.1 Å². The second-order valence-electron chi connectivity index (χ2n) is 18.5. The number of fused-ring (bicyclic) bond motifs is 10. The van der Waals surface area contributed by atoms with E-state index in [-0.39, 0.29) is 11.1 Å². The molecule has 0 atom stereocenters. The lowest BCUT2D eigenvalue weighted by atomic mass is 9.67. The Labute approximate surface area is 465 Å². The van der Waals surface area contributed by atoms with Gasteiger partial charge in [-0.1, -0.05) is 233 Å². The molecule has 1 heteroatoms. The molecule has 0 amide bonds. The van der Waals surface area contributed by atoms with Crippen LogP contribution in [-0.2, 0) is 16.2 Å². The number of hydrogen-bond donors (Lipinski definition) is 0. The molecule has 11 aromatic carbocycles. The number of rotatable bonds is 7. The van der Waals surface area contributed by atoms with E-state index < -0.39 is 237 Å². The van der Waals surface area contributed by atoms with E-state index in [1.807, 2.05) is 54.6 Å². The summed E-state index contributed by atoms with van der Waals surface area (Å²) in [5.41, 5.74) is -12.7. The van der Waals surface area contributed by atoms with Gasteiger partial charge in [0.05, 0.1) is 38.3 Å². The molecule has 0 radical (unpaired) electrons. The molecule has 11 aromatic rings. The van der Waals surface area contributed by atoms with Crippen molar-refractivity contribution in [2.45, 2.75) is 43.8 Å². The van der Waals surface area contributed by atoms with Crippen molar-refractivity contribution >= 4 is 27.8 Å². The highest BCUT2D eigenvalue weighted by Gasteiger charge is 2.46. The van der Waals surface area contributed by atoms with Crippen LogP contribution in [0.1, 0.15) is 113 Å². The number of hydrogen-bond acceptors (Lipinski definition) is 1. The first-order chi connectivity index (χ1) is 47.7. The number of nitrogens with zero attached hydrogens (tertiary/aromatic N) is 1. The molecule has 342 valence electrons. The van der Waals surface area contributed by atoms with Gasteiger partial charge < -0.3 is 4.90 Å². The summed E-state index contributed by atoms with van der Waals surface area (Å²) in [6, 6.07) is 4.14. The lowest BCUT2D eigenvalue weighted by Crippen LogP contribution is -2.28. The zero-order valence-corrected chi connectivity index (χ0v) is 38.3. The molecule has 3 aliphatic rings. The zero-order chi connectivity index (χ0) is 74.2. The molecule has 0 spiro atoms. The Morgan fingerprint density at radius 1 is 0.375 bits per heavy atom. The van der Waals surface area contributed by atoms with E-state index in [9.17, 15) is 28.8 Å². The third-order valence-corrected chi connectivity index (χ3v) is 14.4. The minimum absolute atomic E-state index is 0.357. The quantitative estimate of drug-likeness (QED) is 0.154. The van der Waals surface area contributed by atoms with Crippen LogP contribution in [0.2, 0.25) is 0 Å². The summed E-state index contributed by atoms with van der Waals surface area (Å²) in [6.07, 6.45) is 0. The fourth-order valence-electron chi connectivity index (χ4n) is 11.1. The Bertz CT molecular complexity index is 5510. The van der Waals surface area contributed by atoms with Crippen molar-refractivity contribution in [1.82, 2.24) is 0 Å². The molecule has 0 aliphatic heterocycles. The average Bonchev–Trinajstić information content (AvgIpc) is 1.49. The van der Waals surface area contributed by atoms with Crippen molar-refractivity contribution in [3.05, 3.63) is 293 Å². The lowest BCUT2D eigenvalue weighted by Gasteiger charge is -2.35. The van der Waals surface area contributed by atoms with Crippen LogP contribution in [0.4, 0.5) is 17.1 Å². The van der Waals surface area contributed by atoms with Crippen LogP contribution in [0.15, 0.2) is 248 Å². The van der Waals surface area contributed by atoms with Crippen LogP contribution in [0.25, 0.3) is 66.4 Å². The molecule has 0 saturated carbocycles. The first kappa shape index (κ1) is 21.9. The van der Waals surface area contributed by atoms with Gasteiger partial charge in [0.15, 0.2) is 0 Å². The molecule has 3 aliphatic carbocycles. The summed E-state index contributed by atoms with van der Waals surface area (Å²) in [4.78, 5) is 0.741. The van der Waals surface area contributed by atoms with Crippen LogP contribution in [0, 0.1) is 0 Å². The Hall–Kier alpha value is -8.52. The Morgan fingerprint density at radius 3 is 1.67 bits per heavy atom. The van der Waals surface area contributed by atoms with Gasteiger partial charge in [-0.3, -0.25) is 0 Å². The van der Waals surface area contributed by atoms with Crippen LogP contribution < -0.4 is 4.90 Å². The second kappa shape index (κ2) is 15.7. The predicted octanol–water partition coefficient (Wildman–Crippen LogP) is 18.6. The fraction of sp³-hybridized carbons (Fsp3) is 0.0986. The molecule has 14 rings (SSSR count). The summed E-state index contributed by atoms with van der Waals surface area (Å²) in [7, 11) is 0. The first-order valence-corrected chi connectivity index (χ1v) is 23.0. The lowest BCUT2D eigenvalue weighted by molar-refractivity contribution is 0.660. The van der Waals surface area contributed by atoms with E-state index in [4.69, 9.17) is 12.3 Å². The van der Waals surface area contributed by atoms with Gasteiger partial charge in [0.25, 0.3) is 0 Å². The highest BCUT2D eigenvalue weighted by atomic mass is 15.1. The maximum Gasteiger partial charge on any atom is 0.0714 e. The van der Waals surface area contributed by atoms with Gasteiger partial charge in [0.2, 0.25) is 0 Å². The first-order valence-electron chi connectivity index (χ1n) is 38.0. The molecule has 0 saturated heterocycles. The molecule has 0 aromatic heterocycles. The summed E-state index contributed by atoms with van der Waals surface area (Å²) >= 11 is 0. The minimum Gasteiger partial charge on any atom is -0.310 e. The summed E-state index contributed by atoms with van der Waals surface area (Å²) in [6.45, 7) is -3.63. The third kappa shape index (κ3) is 6.01. The van der Waals surface area contributed by atoms with Gasteiger partial charge in [0.1, 0.15) is 0 Å². The van der Waals surface area contributed by atoms with Gasteiger partial charge in [-0.25, -0.2) is 0 Å². The molecule has 72 heavy (non-hydrogen) atoms. The number of anilines is 3. The Morgan fingerprint density at radius 2 is 0.944 bits per heavy atom. The molecule has 1 nitrogen and oxygen atoms in total. The van der Waals surface area contributed by atoms with Crippen molar-refractivity contribution in [3.63, 3.8) is 0 Å². The fourth-order valence-corrected chi connectivity index (χ4v) is 11.1. The summed E-state index contributed by atoms with van der Waals surface area (Å²) < 4.78 is 284. The van der Waals surface area contributed by atoms with Gasteiger partial charge >= 0.3 is 0 Å². The van der Waals surface area contributed by atoms with Crippen molar-refractivity contribution in [2.24, 2.45) is 0 Å². The second-order valence-corrected chi connectivity index (χ2v) is 18.5. The third-order valence-electron chi connectivity index (χ3n) is 14.4. The van der Waals surface area contributed by atoms with E-state index in [0.717, 1.165) is 49.1 Å². The standard InChI is InChI=1S/C71H53N/c1-69(2)63-29-17-14-27-58(63)61-43-48(34-42-64(61)69)68-54-24-12-11-19-46(54)33-39-55(68)47-31-35-51(36-32-47)72(52-37-40-59-56-25-13-16-28-62(56)70(3,4)66(59)44-52)53-38-41-60-57-26-15-18-30-65(57)71(67(60)45-53,49-20-7-5-8-21-49)50-22-9-6-10-23-50/h5-45H,1-4H3/i3D3,4D3,5D,6D,7D,8D,9D,10D,13D,15D,16D,18D,20D,21D,22D,23D,25D,26D,28D,30D,37D,38D,40D,41D,44D,45D. The highest BCUT2D eigenvalue weighted by Crippen LogP contribution is 2.58. The molecule has 0 unspecified atom stereocenters. The predicted molar refractivity (Wildman–Crippen MR) is 302 cm³/mol. The van der Waals surface area contributed by atoms with Gasteiger partial charge in [-0.2, -0.15) is 0 Å². The Kier molecular flexibility index (Phi) is 4.78. The molecule has 0 N–H and O–H groups in total. The van der Waals surface area contributed by atoms with Crippen molar-refractivity contribution in [2.75, 3.05) is 4.90 Å². The average molecular weight is 950 g/mol. The molecular weight excluding hydrogens is 867 g/mol. The monoisotopic (exact) mass is 950 g/mol. The maximum atomic E-state index is 11.0.